The summed E-state index contributed by atoms with van der Waals surface area (Å²) >= 11 is 0. The number of aryl methyl sites for hydroxylation is 1. The van der Waals surface area contributed by atoms with E-state index in [2.05, 4.69) is 35.3 Å². The van der Waals surface area contributed by atoms with Crippen molar-refractivity contribution in [3.05, 3.63) is 34.9 Å². The highest BCUT2D eigenvalue weighted by atomic mass is 32.2. The first kappa shape index (κ1) is 39.8. The molecule has 5 bridgehead atoms. The van der Waals surface area contributed by atoms with E-state index >= 15 is 0 Å². The van der Waals surface area contributed by atoms with Crippen molar-refractivity contribution in [3.63, 3.8) is 0 Å². The van der Waals surface area contributed by atoms with Gasteiger partial charge in [0.1, 0.15) is 24.2 Å². The number of hydrogen-bond acceptors (Lipinski definition) is 9. The van der Waals surface area contributed by atoms with Crippen LogP contribution in [-0.4, -0.2) is 90.8 Å². The molecule has 3 fully saturated rings. The van der Waals surface area contributed by atoms with Crippen LogP contribution in [0.2, 0.25) is 0 Å². The van der Waals surface area contributed by atoms with Crippen molar-refractivity contribution in [2.75, 3.05) is 13.2 Å². The number of benzene rings is 1. The van der Waals surface area contributed by atoms with Crippen LogP contribution in [0.3, 0.4) is 0 Å². The fraction of sp³-hybridized carbons (Fsp3) is 0.718. The molecule has 1 unspecified atom stereocenters. The van der Waals surface area contributed by atoms with E-state index in [0.29, 0.717) is 45.2 Å². The molecule has 2 saturated heterocycles. The Bertz CT molecular complexity index is 1680. The minimum absolute atomic E-state index is 0.0323. The number of ether oxygens (including phenoxy) is 2. The number of rotatable bonds is 3. The van der Waals surface area contributed by atoms with Gasteiger partial charge in [-0.2, -0.15) is 0 Å². The molecule has 1 aliphatic carbocycles. The number of alkyl carbamates (subject to hydrolysis) is 1. The summed E-state index contributed by atoms with van der Waals surface area (Å²) in [5.74, 6) is -1.98. The number of cyclic esters (lactones) is 1. The lowest BCUT2D eigenvalue weighted by atomic mass is 9.87. The Morgan fingerprint density at radius 2 is 1.57 bits per heavy atom. The van der Waals surface area contributed by atoms with E-state index in [0.717, 1.165) is 68.9 Å². The third-order valence-corrected chi connectivity index (χ3v) is 13.3. The summed E-state index contributed by atoms with van der Waals surface area (Å²) in [6, 6.07) is 2.86. The zero-order valence-corrected chi connectivity index (χ0v) is 32.6. The lowest BCUT2D eigenvalue weighted by Crippen LogP contribution is -2.56. The van der Waals surface area contributed by atoms with Gasteiger partial charge in [0.25, 0.3) is 5.91 Å². The summed E-state index contributed by atoms with van der Waals surface area (Å²) in [5.41, 5.74) is 3.13. The summed E-state index contributed by atoms with van der Waals surface area (Å²) in [5, 5.41) is 4.92. The maximum Gasteiger partial charge on any atom is 0.410 e. The molecule has 4 atom stereocenters. The summed E-state index contributed by atoms with van der Waals surface area (Å²) < 4.78 is 39.2. The van der Waals surface area contributed by atoms with E-state index in [4.69, 9.17) is 9.47 Å². The highest BCUT2D eigenvalue weighted by Gasteiger charge is 2.46. The van der Waals surface area contributed by atoms with E-state index in [9.17, 15) is 32.4 Å². The Morgan fingerprint density at radius 1 is 0.870 bits per heavy atom. The first-order valence-electron chi connectivity index (χ1n) is 19.9. The number of nitrogens with zero attached hydrogens (tertiary/aromatic N) is 2. The molecule has 15 heteroatoms. The molecule has 54 heavy (non-hydrogen) atoms. The van der Waals surface area contributed by atoms with E-state index in [-0.39, 0.29) is 31.4 Å². The molecule has 4 aliphatic heterocycles. The summed E-state index contributed by atoms with van der Waals surface area (Å²) in [6.45, 7) is 5.00. The van der Waals surface area contributed by atoms with Crippen LogP contribution in [-0.2, 0) is 53.4 Å². The Balaban J connectivity index is 1.27. The summed E-state index contributed by atoms with van der Waals surface area (Å²) in [6.07, 6.45) is 8.59. The van der Waals surface area contributed by atoms with Gasteiger partial charge in [-0.05, 0) is 67.1 Å². The number of sulfonamides is 1. The second kappa shape index (κ2) is 17.3. The molecule has 0 radical (unpaired) electrons. The third kappa shape index (κ3) is 10.2. The van der Waals surface area contributed by atoms with Gasteiger partial charge in [-0.1, -0.05) is 83.4 Å². The number of fused-ring (bicyclic) bond motifs is 3. The molecule has 14 nitrogen and oxygen atoms in total. The minimum Gasteiger partial charge on any atom is -0.449 e. The first-order chi connectivity index (χ1) is 25.8. The van der Waals surface area contributed by atoms with Crippen LogP contribution in [0.5, 0.6) is 0 Å². The standard InChI is InChI=1S/C39H57N5O9S/c1-39(2)20-11-7-8-13-26-14-12-15-27-22-43(24-30(26)27)38(49)53-28-21-33-35(46)40-31(34(45)42-54(50,51)29-18-19-29)16-9-5-3-4-6-10-17-32(36(47)44(33)23-28)41-37(48)52-25-39/h12,14-15,28-29,31-33H,3-11,13,16-25H2,1-2H3,(H,40,46)(H,41,48)(H,42,45)/t28-,31?,32+,33+/m1/s1. The topological polar surface area (TPSA) is 181 Å². The van der Waals surface area contributed by atoms with Crippen LogP contribution in [0.15, 0.2) is 18.2 Å². The van der Waals surface area contributed by atoms with Gasteiger partial charge in [-0.25, -0.2) is 18.0 Å². The molecule has 6 rings (SSSR count). The van der Waals surface area contributed by atoms with E-state index in [1.165, 1.54) is 10.5 Å². The molecule has 0 spiro atoms. The fourth-order valence-electron chi connectivity index (χ4n) is 8.13. The molecule has 3 N–H and O–H groups in total. The van der Waals surface area contributed by atoms with Crippen molar-refractivity contribution in [2.24, 2.45) is 5.41 Å². The maximum absolute atomic E-state index is 14.4. The van der Waals surface area contributed by atoms with Crippen LogP contribution in [0.25, 0.3) is 0 Å². The van der Waals surface area contributed by atoms with Gasteiger partial charge in [0.05, 0.1) is 18.4 Å². The van der Waals surface area contributed by atoms with Gasteiger partial charge in [0.15, 0.2) is 0 Å². The van der Waals surface area contributed by atoms with E-state index in [1.807, 2.05) is 12.1 Å². The van der Waals surface area contributed by atoms with Crippen molar-refractivity contribution < 1.29 is 41.9 Å². The smallest absolute Gasteiger partial charge is 0.410 e. The number of nitrogens with one attached hydrogen (secondary N) is 3. The molecule has 5 aliphatic rings. The van der Waals surface area contributed by atoms with E-state index < -0.39 is 69.4 Å². The molecule has 0 aromatic heterocycles. The van der Waals surface area contributed by atoms with Crippen LogP contribution < -0.4 is 15.4 Å². The van der Waals surface area contributed by atoms with E-state index in [1.54, 1.807) is 4.90 Å². The number of carbonyl (C=O) groups excluding carboxylic acids is 5. The second-order valence-electron chi connectivity index (χ2n) is 16.6. The average Bonchev–Trinajstić information content (AvgIpc) is 3.77. The monoisotopic (exact) mass is 771 g/mol. The molecule has 5 amide bonds. The number of carbonyl (C=O) groups is 5. The highest BCUT2D eigenvalue weighted by Crippen LogP contribution is 2.31. The van der Waals surface area contributed by atoms with Crippen molar-refractivity contribution in [2.45, 2.75) is 159 Å². The molecule has 4 heterocycles. The normalized spacial score (nSPS) is 28.0. The summed E-state index contributed by atoms with van der Waals surface area (Å²) in [4.78, 5) is 71.8. The molecular weight excluding hydrogens is 715 g/mol. The van der Waals surface area contributed by atoms with Gasteiger partial charge in [0, 0.05) is 19.5 Å². The van der Waals surface area contributed by atoms with Gasteiger partial charge < -0.3 is 25.0 Å². The third-order valence-electron chi connectivity index (χ3n) is 11.5. The van der Waals surface area contributed by atoms with Crippen LogP contribution >= 0.6 is 0 Å². The largest absolute Gasteiger partial charge is 0.449 e. The maximum atomic E-state index is 14.4. The molecular formula is C39H57N5O9S. The number of hydrogen-bond donors (Lipinski definition) is 3. The SMILES string of the molecule is CC1(C)CCCCCc2cccc3c2CN(C3)C(=O)O[C@@H]2C[C@H]3C(=O)NC(C(=O)NS(=O)(=O)C4CC4)CCCCCCCC[C@H](NC(=O)OC1)C(=O)N3C2. The molecule has 1 saturated carbocycles. The lowest BCUT2D eigenvalue weighted by Gasteiger charge is -2.30. The van der Waals surface area contributed by atoms with Gasteiger partial charge >= 0.3 is 12.2 Å². The average molecular weight is 772 g/mol. The van der Waals surface area contributed by atoms with Crippen LogP contribution in [0.4, 0.5) is 9.59 Å². The van der Waals surface area contributed by atoms with Crippen molar-refractivity contribution in [1.29, 1.82) is 0 Å². The zero-order chi connectivity index (χ0) is 38.5. The Labute approximate surface area is 318 Å². The first-order valence-corrected chi connectivity index (χ1v) is 21.5. The lowest BCUT2D eigenvalue weighted by molar-refractivity contribution is -0.141. The summed E-state index contributed by atoms with van der Waals surface area (Å²) in [7, 11) is -3.86. The highest BCUT2D eigenvalue weighted by molar-refractivity contribution is 7.90. The minimum atomic E-state index is -3.86. The van der Waals surface area contributed by atoms with Gasteiger partial charge in [0.2, 0.25) is 21.8 Å². The molecule has 1 aromatic carbocycles. The van der Waals surface area contributed by atoms with Crippen LogP contribution in [0, 0.1) is 5.41 Å². The second-order valence-corrected chi connectivity index (χ2v) is 18.6. The predicted octanol–water partition coefficient (Wildman–Crippen LogP) is 4.57. The van der Waals surface area contributed by atoms with Gasteiger partial charge in [-0.3, -0.25) is 24.0 Å². The Hall–Kier alpha value is -3.88. The van der Waals surface area contributed by atoms with Crippen LogP contribution in [0.1, 0.15) is 127 Å². The Kier molecular flexibility index (Phi) is 12.7. The van der Waals surface area contributed by atoms with Crippen molar-refractivity contribution in [1.82, 2.24) is 25.2 Å². The Morgan fingerprint density at radius 3 is 2.33 bits per heavy atom. The van der Waals surface area contributed by atoms with Crippen molar-refractivity contribution in [3.8, 4) is 0 Å². The fourth-order valence-corrected chi connectivity index (χ4v) is 9.48. The van der Waals surface area contributed by atoms with Gasteiger partial charge in [-0.15, -0.1) is 0 Å². The molecule has 298 valence electrons. The number of amides is 5. The molecule has 1 aromatic rings. The predicted molar refractivity (Wildman–Crippen MR) is 199 cm³/mol. The zero-order valence-electron chi connectivity index (χ0n) is 31.7. The van der Waals surface area contributed by atoms with Crippen molar-refractivity contribution >= 4 is 39.9 Å². The quantitative estimate of drug-likeness (QED) is 0.397.